The van der Waals surface area contributed by atoms with Gasteiger partial charge >= 0.3 is 0 Å². The topological polar surface area (TPSA) is 37.3 Å². The number of thioether (sulfide) groups is 1. The van der Waals surface area contributed by atoms with E-state index in [1.165, 1.54) is 28.5 Å². The van der Waals surface area contributed by atoms with Gasteiger partial charge in [-0.05, 0) is 40.9 Å². The fourth-order valence-corrected chi connectivity index (χ4v) is 4.27. The van der Waals surface area contributed by atoms with Crippen LogP contribution in [-0.4, -0.2) is 16.3 Å². The zero-order valence-corrected chi connectivity index (χ0v) is 18.0. The van der Waals surface area contributed by atoms with Crippen LogP contribution >= 0.6 is 11.8 Å². The zero-order chi connectivity index (χ0) is 19.3. The normalized spacial score (nSPS) is 14.4. The highest BCUT2D eigenvalue weighted by atomic mass is 32.2. The lowest BCUT2D eigenvalue weighted by atomic mass is 9.89. The number of hydrogen-bond donors (Lipinski definition) is 1. The average Bonchev–Trinajstić information content (AvgIpc) is 2.53. The Kier molecular flexibility index (Phi) is 8.70. The van der Waals surface area contributed by atoms with Crippen LogP contribution in [0.5, 0.6) is 0 Å². The third-order valence-electron chi connectivity index (χ3n) is 4.82. The van der Waals surface area contributed by atoms with Crippen molar-refractivity contribution in [2.75, 3.05) is 0 Å². The summed E-state index contributed by atoms with van der Waals surface area (Å²) in [7, 11) is 0. The highest BCUT2D eigenvalue weighted by Crippen LogP contribution is 2.39. The molecule has 0 heterocycles. The molecule has 0 saturated carbocycles. The van der Waals surface area contributed by atoms with Gasteiger partial charge in [0, 0.05) is 4.90 Å². The summed E-state index contributed by atoms with van der Waals surface area (Å²) in [6.07, 6.45) is 1.01. The Morgan fingerprint density at radius 3 is 1.80 bits per heavy atom. The molecular weight excluding hydrogens is 328 g/mol. The molecule has 0 saturated heterocycles. The smallest absolute Gasteiger partial charge is 0.199 e. The summed E-state index contributed by atoms with van der Waals surface area (Å²) in [6, 6.07) is 4.54. The van der Waals surface area contributed by atoms with E-state index in [-0.39, 0.29) is 11.0 Å². The van der Waals surface area contributed by atoms with Gasteiger partial charge in [0.2, 0.25) is 0 Å². The number of rotatable bonds is 8. The molecule has 0 aliphatic carbocycles. The molecule has 1 rings (SSSR count). The average molecular weight is 365 g/mol. The molecule has 25 heavy (non-hydrogen) atoms. The van der Waals surface area contributed by atoms with Gasteiger partial charge in [-0.3, -0.25) is 4.79 Å². The molecule has 142 valence electrons. The predicted octanol–water partition coefficient (Wildman–Crippen LogP) is 6.47. The molecule has 0 bridgehead atoms. The van der Waals surface area contributed by atoms with Crippen LogP contribution in [0.3, 0.4) is 0 Å². The summed E-state index contributed by atoms with van der Waals surface area (Å²) >= 11 is 1.34. The molecule has 3 heteroatoms. The number of carbonyl (C=O) groups excluding carboxylic acids is 1. The third-order valence-corrected chi connectivity index (χ3v) is 6.06. The SMILES string of the molecule is CCC[C@@H](O)[C@@H](C)C(=O)Sc1c(C(C)C)cc(C(C)C)cc1C(C)C. The van der Waals surface area contributed by atoms with Crippen LogP contribution in [0, 0.1) is 5.92 Å². The third kappa shape index (κ3) is 5.86. The molecule has 0 fully saturated rings. The lowest BCUT2D eigenvalue weighted by Crippen LogP contribution is -2.23. The summed E-state index contributed by atoms with van der Waals surface area (Å²) < 4.78 is 0. The number of hydrogen-bond acceptors (Lipinski definition) is 3. The first-order valence-corrected chi connectivity index (χ1v) is 10.5. The second-order valence-electron chi connectivity index (χ2n) is 8.06. The molecule has 0 aliphatic rings. The Labute approximate surface area is 158 Å². The summed E-state index contributed by atoms with van der Waals surface area (Å²) in [4.78, 5) is 13.9. The van der Waals surface area contributed by atoms with Crippen LogP contribution in [0.1, 0.15) is 103 Å². The molecule has 1 N–H and O–H groups in total. The van der Waals surface area contributed by atoms with Gasteiger partial charge in [0.05, 0.1) is 12.0 Å². The Balaban J connectivity index is 3.30. The second-order valence-corrected chi connectivity index (χ2v) is 9.07. The van der Waals surface area contributed by atoms with Gasteiger partial charge in [-0.2, -0.15) is 0 Å². The highest BCUT2D eigenvalue weighted by molar-refractivity contribution is 8.13. The number of benzene rings is 1. The van der Waals surface area contributed by atoms with E-state index in [0.717, 1.165) is 11.3 Å². The quantitative estimate of drug-likeness (QED) is 0.537. The lowest BCUT2D eigenvalue weighted by Gasteiger charge is -2.23. The summed E-state index contributed by atoms with van der Waals surface area (Å²) in [5.41, 5.74) is 3.85. The molecule has 0 spiro atoms. The lowest BCUT2D eigenvalue weighted by molar-refractivity contribution is -0.117. The van der Waals surface area contributed by atoms with Crippen molar-refractivity contribution in [2.24, 2.45) is 5.92 Å². The van der Waals surface area contributed by atoms with Gasteiger partial charge in [-0.25, -0.2) is 0 Å². The second kappa shape index (κ2) is 9.78. The van der Waals surface area contributed by atoms with Crippen molar-refractivity contribution < 1.29 is 9.90 Å². The van der Waals surface area contributed by atoms with E-state index in [0.29, 0.717) is 24.2 Å². The molecule has 2 atom stereocenters. The van der Waals surface area contributed by atoms with E-state index in [2.05, 4.69) is 53.7 Å². The first-order valence-electron chi connectivity index (χ1n) is 9.67. The Morgan fingerprint density at radius 2 is 1.44 bits per heavy atom. The Bertz CT molecular complexity index is 546. The van der Waals surface area contributed by atoms with Gasteiger partial charge in [0.15, 0.2) is 5.12 Å². The van der Waals surface area contributed by atoms with Crippen LogP contribution in [0.15, 0.2) is 17.0 Å². The zero-order valence-electron chi connectivity index (χ0n) is 17.2. The van der Waals surface area contributed by atoms with E-state index >= 15 is 0 Å². The molecular formula is C22H36O2S. The van der Waals surface area contributed by atoms with Crippen LogP contribution in [0.25, 0.3) is 0 Å². The molecule has 0 aromatic heterocycles. The van der Waals surface area contributed by atoms with Gasteiger partial charge in [-0.15, -0.1) is 0 Å². The van der Waals surface area contributed by atoms with E-state index in [4.69, 9.17) is 0 Å². The van der Waals surface area contributed by atoms with Crippen LogP contribution in [0.4, 0.5) is 0 Å². The first kappa shape index (κ1) is 22.2. The van der Waals surface area contributed by atoms with Crippen molar-refractivity contribution in [3.05, 3.63) is 28.8 Å². The van der Waals surface area contributed by atoms with Crippen molar-refractivity contribution in [2.45, 2.75) is 97.0 Å². The van der Waals surface area contributed by atoms with Crippen molar-refractivity contribution in [1.29, 1.82) is 0 Å². The maximum Gasteiger partial charge on any atom is 0.199 e. The molecule has 0 aliphatic heterocycles. The monoisotopic (exact) mass is 364 g/mol. The maximum absolute atomic E-state index is 12.8. The van der Waals surface area contributed by atoms with Gasteiger partial charge < -0.3 is 5.11 Å². The fraction of sp³-hybridized carbons (Fsp3) is 0.682. The number of carbonyl (C=O) groups is 1. The highest BCUT2D eigenvalue weighted by Gasteiger charge is 2.26. The Hall–Kier alpha value is -0.800. The first-order chi connectivity index (χ1) is 11.6. The number of aliphatic hydroxyl groups excluding tert-OH is 1. The molecule has 0 amide bonds. The summed E-state index contributed by atoms with van der Waals surface area (Å²) in [5, 5.41) is 10.3. The van der Waals surface area contributed by atoms with Crippen LogP contribution in [0.2, 0.25) is 0 Å². The van der Waals surface area contributed by atoms with Gasteiger partial charge in [-0.1, -0.05) is 85.7 Å². The van der Waals surface area contributed by atoms with E-state index in [1.807, 2.05) is 13.8 Å². The van der Waals surface area contributed by atoms with Crippen LogP contribution < -0.4 is 0 Å². The summed E-state index contributed by atoms with van der Waals surface area (Å²) in [5.74, 6) is 0.856. The fourth-order valence-electron chi connectivity index (χ4n) is 2.90. The van der Waals surface area contributed by atoms with Crippen LogP contribution in [-0.2, 0) is 4.79 Å². The van der Waals surface area contributed by atoms with E-state index in [1.54, 1.807) is 0 Å². The largest absolute Gasteiger partial charge is 0.392 e. The molecule has 2 nitrogen and oxygen atoms in total. The molecule has 1 aromatic rings. The minimum Gasteiger partial charge on any atom is -0.392 e. The molecule has 0 unspecified atom stereocenters. The standard InChI is InChI=1S/C22H36O2S/c1-9-10-20(23)16(8)22(24)25-21-18(14(4)5)11-17(13(2)3)12-19(21)15(6)7/h11-16,20,23H,9-10H2,1-8H3/t16-,20-/m1/s1. The molecule has 0 radical (unpaired) electrons. The van der Waals surface area contributed by atoms with Crippen molar-refractivity contribution >= 4 is 16.9 Å². The maximum atomic E-state index is 12.8. The predicted molar refractivity (Wildman–Crippen MR) is 110 cm³/mol. The summed E-state index contributed by atoms with van der Waals surface area (Å²) in [6.45, 7) is 17.1. The minimum absolute atomic E-state index is 0.0713. The minimum atomic E-state index is -0.551. The van der Waals surface area contributed by atoms with Crippen molar-refractivity contribution in [3.8, 4) is 0 Å². The van der Waals surface area contributed by atoms with Crippen molar-refractivity contribution in [1.82, 2.24) is 0 Å². The Morgan fingerprint density at radius 1 is 0.960 bits per heavy atom. The van der Waals surface area contributed by atoms with E-state index < -0.39 is 6.10 Å². The molecule has 1 aromatic carbocycles. The number of aliphatic hydroxyl groups is 1. The van der Waals surface area contributed by atoms with Gasteiger partial charge in [0.1, 0.15) is 0 Å². The van der Waals surface area contributed by atoms with Gasteiger partial charge in [0.25, 0.3) is 0 Å². The van der Waals surface area contributed by atoms with E-state index in [9.17, 15) is 9.90 Å². The van der Waals surface area contributed by atoms with Crippen molar-refractivity contribution in [3.63, 3.8) is 0 Å².